The van der Waals surface area contributed by atoms with Gasteiger partial charge in [-0.1, -0.05) is 37.3 Å². The van der Waals surface area contributed by atoms with Gasteiger partial charge in [-0.3, -0.25) is 10.1 Å². The van der Waals surface area contributed by atoms with Crippen LogP contribution in [0.5, 0.6) is 0 Å². The van der Waals surface area contributed by atoms with E-state index >= 15 is 0 Å². The van der Waals surface area contributed by atoms with Gasteiger partial charge in [-0.2, -0.15) is 0 Å². The summed E-state index contributed by atoms with van der Waals surface area (Å²) in [5, 5.41) is 12.7. The van der Waals surface area contributed by atoms with Crippen molar-refractivity contribution >= 4 is 44.8 Å². The van der Waals surface area contributed by atoms with Crippen molar-refractivity contribution < 1.29 is 9.90 Å². The molecular weight excluding hydrogens is 350 g/mol. The lowest BCUT2D eigenvalue weighted by atomic mass is 10.1. The summed E-state index contributed by atoms with van der Waals surface area (Å²) in [5.74, 6) is -0.838. The second kappa shape index (κ2) is 7.07. The normalized spacial score (nSPS) is 19.1. The van der Waals surface area contributed by atoms with E-state index < -0.39 is 12.0 Å². The lowest BCUT2D eigenvalue weighted by Gasteiger charge is -2.21. The van der Waals surface area contributed by atoms with E-state index in [1.165, 1.54) is 37.0 Å². The molecule has 6 heteroatoms. The molecule has 1 aromatic heterocycles. The van der Waals surface area contributed by atoms with E-state index in [1.54, 1.807) is 6.07 Å². The van der Waals surface area contributed by atoms with Gasteiger partial charge < -0.3 is 5.11 Å². The molecule has 0 saturated heterocycles. The maximum absolute atomic E-state index is 11.5. The highest BCUT2D eigenvalue weighted by atomic mass is 79.9. The molecule has 0 spiro atoms. The quantitative estimate of drug-likeness (QED) is 0.765. The molecule has 3 nitrogen and oxygen atoms in total. The van der Waals surface area contributed by atoms with Gasteiger partial charge in [0, 0.05) is 15.4 Å². The number of carboxylic acid groups (broad SMARTS) is 1. The van der Waals surface area contributed by atoms with Gasteiger partial charge in [0.05, 0.1) is 0 Å². The molecule has 2 N–H and O–H groups in total. The van der Waals surface area contributed by atoms with Gasteiger partial charge in [0.15, 0.2) is 0 Å². The Morgan fingerprint density at radius 2 is 2.05 bits per heavy atom. The summed E-state index contributed by atoms with van der Waals surface area (Å²) in [7, 11) is 0. The Morgan fingerprint density at radius 3 is 2.53 bits per heavy atom. The maximum atomic E-state index is 11.5. The highest BCUT2D eigenvalue weighted by Gasteiger charge is 2.26. The van der Waals surface area contributed by atoms with Crippen LogP contribution in [0.25, 0.3) is 0 Å². The summed E-state index contributed by atoms with van der Waals surface area (Å²) >= 11 is 10.6. The molecule has 2 rings (SSSR count). The van der Waals surface area contributed by atoms with Crippen molar-refractivity contribution in [2.24, 2.45) is 0 Å². The van der Waals surface area contributed by atoms with E-state index in [0.29, 0.717) is 10.4 Å². The highest BCUT2D eigenvalue weighted by molar-refractivity contribution is 9.10. The summed E-state index contributed by atoms with van der Waals surface area (Å²) in [5.41, 5.74) is 0. The average Bonchev–Trinajstić information content (AvgIpc) is 2.58. The van der Waals surface area contributed by atoms with Crippen LogP contribution in [-0.2, 0) is 4.79 Å². The van der Waals surface area contributed by atoms with Gasteiger partial charge in [-0.25, -0.2) is 0 Å². The van der Waals surface area contributed by atoms with Crippen molar-refractivity contribution in [3.8, 4) is 0 Å². The first-order valence-electron chi connectivity index (χ1n) is 6.51. The molecular formula is C13H17BrClNO2S. The van der Waals surface area contributed by atoms with E-state index in [-0.39, 0.29) is 0 Å². The Balaban J connectivity index is 2.09. The number of rotatable bonds is 4. The largest absolute Gasteiger partial charge is 0.480 e. The molecule has 0 radical (unpaired) electrons. The van der Waals surface area contributed by atoms with Crippen LogP contribution in [0.2, 0.25) is 4.34 Å². The van der Waals surface area contributed by atoms with E-state index in [4.69, 9.17) is 11.6 Å². The monoisotopic (exact) mass is 365 g/mol. The fraction of sp³-hybridized carbons (Fsp3) is 0.615. The zero-order valence-electron chi connectivity index (χ0n) is 10.5. The third kappa shape index (κ3) is 4.18. The molecule has 1 aliphatic rings. The lowest BCUT2D eigenvalue weighted by molar-refractivity contribution is -0.139. The zero-order valence-corrected chi connectivity index (χ0v) is 13.7. The first-order chi connectivity index (χ1) is 9.08. The molecule has 1 unspecified atom stereocenters. The van der Waals surface area contributed by atoms with Crippen LogP contribution in [0.4, 0.5) is 0 Å². The van der Waals surface area contributed by atoms with E-state index in [1.807, 2.05) is 0 Å². The van der Waals surface area contributed by atoms with Crippen molar-refractivity contribution in [2.75, 3.05) is 0 Å². The number of hydrogen-bond donors (Lipinski definition) is 2. The summed E-state index contributed by atoms with van der Waals surface area (Å²) in [6.45, 7) is 0. The Kier molecular flexibility index (Phi) is 5.69. The molecule has 106 valence electrons. The van der Waals surface area contributed by atoms with Gasteiger partial charge in [0.2, 0.25) is 0 Å². The summed E-state index contributed by atoms with van der Waals surface area (Å²) in [6.07, 6.45) is 6.99. The van der Waals surface area contributed by atoms with Gasteiger partial charge in [0.1, 0.15) is 10.4 Å². The van der Waals surface area contributed by atoms with E-state index in [0.717, 1.165) is 22.2 Å². The predicted octanol–water partition coefficient (Wildman–Crippen LogP) is 4.60. The standard InChI is InChI=1S/C13H17BrClNO2S/c14-9-7-10(19-12(9)15)11(13(17)18)16-8-5-3-1-2-4-6-8/h7-8,11,16H,1-6H2,(H,17,18). The summed E-state index contributed by atoms with van der Waals surface area (Å²) < 4.78 is 1.37. The third-order valence-corrected chi connectivity index (χ3v) is 5.99. The van der Waals surface area contributed by atoms with Crippen LogP contribution in [-0.4, -0.2) is 17.1 Å². The van der Waals surface area contributed by atoms with Crippen molar-refractivity contribution in [1.82, 2.24) is 5.32 Å². The Hall–Kier alpha value is -0.100. The maximum Gasteiger partial charge on any atom is 0.326 e. The van der Waals surface area contributed by atoms with E-state index in [2.05, 4.69) is 21.2 Å². The van der Waals surface area contributed by atoms with Gasteiger partial charge in [0.25, 0.3) is 0 Å². The van der Waals surface area contributed by atoms with Crippen molar-refractivity contribution in [3.05, 3.63) is 19.8 Å². The van der Waals surface area contributed by atoms with Gasteiger partial charge in [-0.05, 0) is 34.8 Å². The topological polar surface area (TPSA) is 49.3 Å². The second-order valence-corrected chi connectivity index (χ2v) is 7.44. The number of aliphatic carboxylic acids is 1. The third-order valence-electron chi connectivity index (χ3n) is 3.45. The number of nitrogens with one attached hydrogen (secondary N) is 1. The smallest absolute Gasteiger partial charge is 0.326 e. The average molecular weight is 367 g/mol. The minimum atomic E-state index is -0.838. The van der Waals surface area contributed by atoms with Gasteiger partial charge >= 0.3 is 5.97 Å². The summed E-state index contributed by atoms with van der Waals surface area (Å²) in [6, 6.07) is 1.44. The Morgan fingerprint density at radius 1 is 1.42 bits per heavy atom. The van der Waals surface area contributed by atoms with Gasteiger partial charge in [-0.15, -0.1) is 11.3 Å². The van der Waals surface area contributed by atoms with Crippen LogP contribution >= 0.6 is 38.9 Å². The van der Waals surface area contributed by atoms with Crippen molar-refractivity contribution in [2.45, 2.75) is 50.6 Å². The number of halogens is 2. The molecule has 0 aromatic carbocycles. The minimum Gasteiger partial charge on any atom is -0.480 e. The molecule has 0 amide bonds. The highest BCUT2D eigenvalue weighted by Crippen LogP contribution is 2.35. The molecule has 1 saturated carbocycles. The molecule has 0 aliphatic heterocycles. The number of hydrogen-bond acceptors (Lipinski definition) is 3. The zero-order chi connectivity index (χ0) is 13.8. The fourth-order valence-electron chi connectivity index (χ4n) is 2.46. The van der Waals surface area contributed by atoms with Crippen molar-refractivity contribution in [3.63, 3.8) is 0 Å². The molecule has 1 atom stereocenters. The number of carbonyl (C=O) groups is 1. The second-order valence-electron chi connectivity index (χ2n) is 4.90. The van der Waals surface area contributed by atoms with Crippen LogP contribution in [0.3, 0.4) is 0 Å². The first kappa shape index (κ1) is 15.3. The minimum absolute atomic E-state index is 0.295. The molecule has 0 bridgehead atoms. The predicted molar refractivity (Wildman–Crippen MR) is 82.0 cm³/mol. The van der Waals surface area contributed by atoms with Crippen LogP contribution in [0.15, 0.2) is 10.5 Å². The summed E-state index contributed by atoms with van der Waals surface area (Å²) in [4.78, 5) is 12.2. The molecule has 1 aromatic rings. The van der Waals surface area contributed by atoms with Crippen molar-refractivity contribution in [1.29, 1.82) is 0 Å². The fourth-order valence-corrected chi connectivity index (χ4v) is 4.25. The Bertz CT molecular complexity index is 424. The van der Waals surface area contributed by atoms with Crippen LogP contribution in [0.1, 0.15) is 49.4 Å². The molecule has 1 heterocycles. The lowest BCUT2D eigenvalue weighted by Crippen LogP contribution is -2.36. The Labute approximate surface area is 130 Å². The first-order valence-corrected chi connectivity index (χ1v) is 8.50. The molecule has 1 aliphatic carbocycles. The number of thiophene rings is 1. The van der Waals surface area contributed by atoms with E-state index in [9.17, 15) is 9.90 Å². The van der Waals surface area contributed by atoms with Crippen LogP contribution < -0.4 is 5.32 Å². The molecule has 1 fully saturated rings. The number of carboxylic acids is 1. The SMILES string of the molecule is O=C(O)C(NC1CCCCCC1)c1cc(Br)c(Cl)s1. The van der Waals surface area contributed by atoms with Crippen LogP contribution in [0, 0.1) is 0 Å². The molecule has 19 heavy (non-hydrogen) atoms.